The SMILES string of the molecule is CCCCCCCCCCOc1ccc([S+](c2ccccc2)c2ccccc2)cc1.O=C([O-])C12CC3CC(CC(C3)C1)C2. The van der Waals surface area contributed by atoms with Crippen molar-refractivity contribution in [2.75, 3.05) is 6.61 Å². The average molecular weight is 599 g/mol. The number of carbonyl (C=O) groups excluding carboxylic acids is 1. The van der Waals surface area contributed by atoms with E-state index in [1.54, 1.807) is 0 Å². The lowest BCUT2D eigenvalue weighted by Gasteiger charge is -2.57. The van der Waals surface area contributed by atoms with Crippen LogP contribution in [-0.2, 0) is 15.7 Å². The summed E-state index contributed by atoms with van der Waals surface area (Å²) >= 11 is 0. The molecule has 4 aliphatic rings. The van der Waals surface area contributed by atoms with Gasteiger partial charge >= 0.3 is 0 Å². The molecule has 0 aromatic heterocycles. The van der Waals surface area contributed by atoms with E-state index in [-0.39, 0.29) is 10.9 Å². The van der Waals surface area contributed by atoms with Crippen LogP contribution >= 0.6 is 0 Å². The Kier molecular flexibility index (Phi) is 11.7. The zero-order valence-corrected chi connectivity index (χ0v) is 26.9. The molecule has 4 saturated carbocycles. The minimum absolute atomic E-state index is 0.0923. The largest absolute Gasteiger partial charge is 0.550 e. The number of carboxylic acids is 1. The van der Waals surface area contributed by atoms with Gasteiger partial charge in [-0.05, 0) is 111 Å². The molecule has 0 unspecified atom stereocenters. The van der Waals surface area contributed by atoms with Crippen molar-refractivity contribution in [3.8, 4) is 5.75 Å². The van der Waals surface area contributed by atoms with E-state index in [9.17, 15) is 9.90 Å². The van der Waals surface area contributed by atoms with Gasteiger partial charge in [-0.25, -0.2) is 0 Å². The molecule has 43 heavy (non-hydrogen) atoms. The third-order valence-corrected chi connectivity index (χ3v) is 12.0. The van der Waals surface area contributed by atoms with Gasteiger partial charge in [-0.15, -0.1) is 0 Å². The molecule has 4 heteroatoms. The normalized spacial score (nSPS) is 23.5. The van der Waals surface area contributed by atoms with Crippen LogP contribution in [0.1, 0.15) is 96.8 Å². The molecule has 3 aromatic carbocycles. The minimum atomic E-state index is -0.758. The Hall–Kier alpha value is -2.72. The number of carbonyl (C=O) groups is 1. The Labute approximate surface area is 262 Å². The van der Waals surface area contributed by atoms with E-state index in [2.05, 4.69) is 91.9 Å². The quantitative estimate of drug-likeness (QED) is 0.137. The molecule has 0 N–H and O–H groups in total. The number of carboxylic acid groups (broad SMARTS) is 1. The van der Waals surface area contributed by atoms with Gasteiger partial charge in [-0.3, -0.25) is 0 Å². The molecule has 4 aliphatic carbocycles. The number of benzene rings is 3. The van der Waals surface area contributed by atoms with Crippen LogP contribution in [0.5, 0.6) is 5.75 Å². The second-order valence-electron chi connectivity index (χ2n) is 13.2. The van der Waals surface area contributed by atoms with Crippen LogP contribution in [0.2, 0.25) is 0 Å². The van der Waals surface area contributed by atoms with Crippen molar-refractivity contribution < 1.29 is 14.6 Å². The van der Waals surface area contributed by atoms with Gasteiger partial charge in [-0.2, -0.15) is 0 Å². The Bertz CT molecular complexity index is 1170. The summed E-state index contributed by atoms with van der Waals surface area (Å²) < 4.78 is 6.00. The van der Waals surface area contributed by atoms with Crippen molar-refractivity contribution in [3.05, 3.63) is 84.9 Å². The number of aliphatic carboxylic acids is 1. The summed E-state index contributed by atoms with van der Waals surface area (Å²) in [7, 11) is -0.0923. The second kappa shape index (κ2) is 15.8. The monoisotopic (exact) mass is 598 g/mol. The van der Waals surface area contributed by atoms with Gasteiger partial charge in [0.15, 0.2) is 14.7 Å². The molecule has 0 amide bonds. The molecular formula is C39H50O3S. The van der Waals surface area contributed by atoms with Crippen molar-refractivity contribution in [1.29, 1.82) is 0 Å². The van der Waals surface area contributed by atoms with E-state index in [0.29, 0.717) is 17.8 Å². The molecule has 3 aromatic rings. The zero-order chi connectivity index (χ0) is 29.9. The fourth-order valence-corrected chi connectivity index (χ4v) is 10.1. The Morgan fingerprint density at radius 2 is 1.12 bits per heavy atom. The topological polar surface area (TPSA) is 49.4 Å². The summed E-state index contributed by atoms with van der Waals surface area (Å²) in [5.41, 5.74) is -0.394. The minimum Gasteiger partial charge on any atom is -0.550 e. The van der Waals surface area contributed by atoms with Crippen LogP contribution in [0.3, 0.4) is 0 Å². The maximum absolute atomic E-state index is 11.1. The van der Waals surface area contributed by atoms with Crippen LogP contribution in [0.25, 0.3) is 0 Å². The molecule has 0 atom stereocenters. The van der Waals surface area contributed by atoms with Crippen molar-refractivity contribution in [1.82, 2.24) is 0 Å². The highest BCUT2D eigenvalue weighted by Crippen LogP contribution is 2.59. The van der Waals surface area contributed by atoms with E-state index >= 15 is 0 Å². The van der Waals surface area contributed by atoms with Gasteiger partial charge in [-0.1, -0.05) is 88.3 Å². The highest BCUT2D eigenvalue weighted by atomic mass is 32.2. The second-order valence-corrected chi connectivity index (χ2v) is 15.2. The smallest absolute Gasteiger partial charge is 0.166 e. The predicted octanol–water partition coefficient (Wildman–Crippen LogP) is 9.25. The number of hydrogen-bond donors (Lipinski definition) is 0. The van der Waals surface area contributed by atoms with E-state index in [4.69, 9.17) is 4.74 Å². The first-order valence-corrected chi connectivity index (χ1v) is 18.1. The summed E-state index contributed by atoms with van der Waals surface area (Å²) in [6, 6.07) is 30.3. The number of ether oxygens (including phenoxy) is 1. The van der Waals surface area contributed by atoms with Gasteiger partial charge in [0.1, 0.15) is 5.75 Å². The highest BCUT2D eigenvalue weighted by molar-refractivity contribution is 7.97. The number of rotatable bonds is 14. The zero-order valence-electron chi connectivity index (χ0n) is 26.1. The molecule has 230 valence electrons. The van der Waals surface area contributed by atoms with Gasteiger partial charge in [0.25, 0.3) is 0 Å². The molecule has 4 fully saturated rings. The predicted molar refractivity (Wildman–Crippen MR) is 175 cm³/mol. The van der Waals surface area contributed by atoms with Crippen molar-refractivity contribution in [2.45, 2.75) is 112 Å². The third-order valence-electron chi connectivity index (χ3n) is 9.76. The lowest BCUT2D eigenvalue weighted by atomic mass is 9.49. The summed E-state index contributed by atoms with van der Waals surface area (Å²) in [6.45, 7) is 3.09. The van der Waals surface area contributed by atoms with E-state index < -0.39 is 11.4 Å². The van der Waals surface area contributed by atoms with Gasteiger partial charge in [0, 0.05) is 11.4 Å². The van der Waals surface area contributed by atoms with Crippen LogP contribution in [0.15, 0.2) is 99.6 Å². The van der Waals surface area contributed by atoms with Gasteiger partial charge in [0.05, 0.1) is 17.5 Å². The third kappa shape index (κ3) is 8.69. The fraction of sp³-hybridized carbons (Fsp3) is 0.513. The van der Waals surface area contributed by atoms with Crippen LogP contribution < -0.4 is 9.84 Å². The number of unbranched alkanes of at least 4 members (excludes halogenated alkanes) is 7. The Balaban J connectivity index is 0.000000232. The van der Waals surface area contributed by atoms with Crippen molar-refractivity contribution in [3.63, 3.8) is 0 Å². The van der Waals surface area contributed by atoms with E-state index in [0.717, 1.165) is 38.0 Å². The first kappa shape index (κ1) is 31.7. The first-order chi connectivity index (χ1) is 21.1. The summed E-state index contributed by atoms with van der Waals surface area (Å²) in [5, 5.41) is 11.1. The fourth-order valence-electron chi connectivity index (χ4n) is 7.98. The summed E-state index contributed by atoms with van der Waals surface area (Å²) in [4.78, 5) is 15.2. The number of hydrogen-bond acceptors (Lipinski definition) is 3. The molecule has 0 aliphatic heterocycles. The molecular weight excluding hydrogens is 548 g/mol. The van der Waals surface area contributed by atoms with Gasteiger partial charge in [0.2, 0.25) is 0 Å². The average Bonchev–Trinajstić information content (AvgIpc) is 3.02. The lowest BCUT2D eigenvalue weighted by Crippen LogP contribution is -2.54. The molecule has 7 rings (SSSR count). The molecule has 0 spiro atoms. The maximum atomic E-state index is 11.1. The van der Waals surface area contributed by atoms with E-state index in [1.807, 2.05) is 0 Å². The highest BCUT2D eigenvalue weighted by Gasteiger charge is 2.51. The summed E-state index contributed by atoms with van der Waals surface area (Å²) in [6.07, 6.45) is 17.3. The molecule has 0 heterocycles. The van der Waals surface area contributed by atoms with Gasteiger partial charge < -0.3 is 14.6 Å². The molecule has 3 nitrogen and oxygen atoms in total. The van der Waals surface area contributed by atoms with Crippen molar-refractivity contribution in [2.24, 2.45) is 23.2 Å². The summed E-state index contributed by atoms with van der Waals surface area (Å²) in [5.74, 6) is 2.36. The van der Waals surface area contributed by atoms with Crippen molar-refractivity contribution >= 4 is 16.9 Å². The molecule has 0 saturated heterocycles. The molecule has 0 radical (unpaired) electrons. The molecule has 4 bridgehead atoms. The van der Waals surface area contributed by atoms with E-state index in [1.165, 1.54) is 78.9 Å². The Morgan fingerprint density at radius 1 is 0.674 bits per heavy atom. The van der Waals surface area contributed by atoms with Crippen LogP contribution in [0, 0.1) is 23.2 Å². The lowest BCUT2D eigenvalue weighted by molar-refractivity contribution is -0.327. The first-order valence-electron chi connectivity index (χ1n) is 16.8. The maximum Gasteiger partial charge on any atom is 0.166 e. The standard InChI is InChI=1S/C28H35OS.C11H16O2/c1-2-3-4-5-6-7-8-15-24-29-25-20-22-28(23-21-25)30(26-16-11-9-12-17-26)27-18-13-10-14-19-27;12-10(13)11-4-7-1-8(5-11)3-9(2-7)6-11/h9-14,16-23H,2-8,15,24H2,1H3;7-9H,1-6H2,(H,12,13)/q+1;/p-1. The van der Waals surface area contributed by atoms with Crippen LogP contribution in [0.4, 0.5) is 0 Å². The Morgan fingerprint density at radius 3 is 1.58 bits per heavy atom. The van der Waals surface area contributed by atoms with Crippen LogP contribution in [-0.4, -0.2) is 12.6 Å².